The Bertz CT molecular complexity index is 1200. The summed E-state index contributed by atoms with van der Waals surface area (Å²) >= 11 is 0. The third-order valence-corrected chi connectivity index (χ3v) is 5.32. The Labute approximate surface area is 170 Å². The number of amides is 2. The molecule has 0 radical (unpaired) electrons. The first-order valence-corrected chi connectivity index (χ1v) is 9.47. The molecule has 0 atom stereocenters. The number of hydrogen-bond donors (Lipinski definition) is 4. The third kappa shape index (κ3) is 2.78. The number of halogens is 1. The number of ether oxygens (including phenoxy) is 1. The molecular formula is C21H18FN5O3. The van der Waals surface area contributed by atoms with E-state index in [9.17, 15) is 14.0 Å². The summed E-state index contributed by atoms with van der Waals surface area (Å²) in [6.07, 6.45) is 2.42. The zero-order valence-corrected chi connectivity index (χ0v) is 16.1. The molecule has 1 aromatic carbocycles. The van der Waals surface area contributed by atoms with Crippen LogP contribution in [-0.2, 0) is 17.6 Å². The van der Waals surface area contributed by atoms with Crippen molar-refractivity contribution < 1.29 is 18.7 Å². The minimum absolute atomic E-state index is 0.0476. The van der Waals surface area contributed by atoms with E-state index in [1.54, 1.807) is 24.4 Å². The van der Waals surface area contributed by atoms with E-state index in [0.29, 0.717) is 41.4 Å². The Morgan fingerprint density at radius 3 is 2.93 bits per heavy atom. The second-order valence-electron chi connectivity index (χ2n) is 7.09. The number of hydrogen-bond acceptors (Lipinski definition) is 5. The van der Waals surface area contributed by atoms with Crippen molar-refractivity contribution in [2.45, 2.75) is 12.8 Å². The topological polar surface area (TPSA) is 108 Å². The van der Waals surface area contributed by atoms with Crippen LogP contribution >= 0.6 is 0 Å². The Morgan fingerprint density at radius 1 is 1.23 bits per heavy atom. The van der Waals surface area contributed by atoms with Gasteiger partial charge in [-0.1, -0.05) is 6.07 Å². The lowest BCUT2D eigenvalue weighted by atomic mass is 10.0. The highest BCUT2D eigenvalue weighted by molar-refractivity contribution is 6.08. The highest BCUT2D eigenvalue weighted by atomic mass is 19.1. The minimum atomic E-state index is -0.516. The number of carbonyl (C=O) groups excluding carboxylic acids is 2. The SMILES string of the molecule is COc1c(F)cccc1Nc1c(-c2ccnc3c2CC(=O)N3)[nH]c2c1C(=O)NCC2. The lowest BCUT2D eigenvalue weighted by Crippen LogP contribution is -2.31. The number of aromatic amines is 1. The summed E-state index contributed by atoms with van der Waals surface area (Å²) in [6.45, 7) is 0.517. The van der Waals surface area contributed by atoms with Gasteiger partial charge < -0.3 is 25.7 Å². The van der Waals surface area contributed by atoms with Crippen molar-refractivity contribution in [2.75, 3.05) is 24.3 Å². The summed E-state index contributed by atoms with van der Waals surface area (Å²) in [5, 5.41) is 8.77. The van der Waals surface area contributed by atoms with Crippen molar-refractivity contribution in [3.05, 3.63) is 53.1 Å². The maximum atomic E-state index is 14.2. The number of fused-ring (bicyclic) bond motifs is 2. The van der Waals surface area contributed by atoms with Gasteiger partial charge in [0.1, 0.15) is 5.82 Å². The zero-order chi connectivity index (χ0) is 20.8. The molecule has 2 aliphatic rings. The van der Waals surface area contributed by atoms with Crippen LogP contribution in [0.2, 0.25) is 0 Å². The van der Waals surface area contributed by atoms with Gasteiger partial charge in [-0.05, 0) is 18.2 Å². The van der Waals surface area contributed by atoms with Gasteiger partial charge in [-0.15, -0.1) is 0 Å². The first-order chi connectivity index (χ1) is 14.6. The van der Waals surface area contributed by atoms with Gasteiger partial charge in [-0.25, -0.2) is 9.37 Å². The maximum absolute atomic E-state index is 14.2. The van der Waals surface area contributed by atoms with Crippen LogP contribution in [0.25, 0.3) is 11.3 Å². The third-order valence-electron chi connectivity index (χ3n) is 5.32. The molecular weight excluding hydrogens is 389 g/mol. The summed E-state index contributed by atoms with van der Waals surface area (Å²) in [7, 11) is 1.39. The minimum Gasteiger partial charge on any atom is -0.492 e. The fraction of sp³-hybridized carbons (Fsp3) is 0.190. The normalized spacial score (nSPS) is 14.6. The first kappa shape index (κ1) is 18.2. The summed E-state index contributed by atoms with van der Waals surface area (Å²) in [6, 6.07) is 6.33. The number of para-hydroxylation sites is 1. The Hall–Kier alpha value is -3.88. The van der Waals surface area contributed by atoms with E-state index >= 15 is 0 Å². The van der Waals surface area contributed by atoms with Gasteiger partial charge in [0.25, 0.3) is 5.91 Å². The lowest BCUT2D eigenvalue weighted by Gasteiger charge is -2.17. The van der Waals surface area contributed by atoms with Crippen molar-refractivity contribution in [1.82, 2.24) is 15.3 Å². The predicted molar refractivity (Wildman–Crippen MR) is 109 cm³/mol. The maximum Gasteiger partial charge on any atom is 0.255 e. The molecule has 8 nitrogen and oxygen atoms in total. The molecule has 0 saturated carbocycles. The highest BCUT2D eigenvalue weighted by Crippen LogP contribution is 2.42. The lowest BCUT2D eigenvalue weighted by molar-refractivity contribution is -0.115. The molecule has 0 fully saturated rings. The monoisotopic (exact) mass is 407 g/mol. The van der Waals surface area contributed by atoms with Crippen LogP contribution in [0, 0.1) is 5.82 Å². The highest BCUT2D eigenvalue weighted by Gasteiger charge is 2.30. The van der Waals surface area contributed by atoms with Gasteiger partial charge in [-0.3, -0.25) is 9.59 Å². The number of rotatable bonds is 4. The molecule has 0 saturated heterocycles. The van der Waals surface area contributed by atoms with Crippen molar-refractivity contribution in [3.63, 3.8) is 0 Å². The average Bonchev–Trinajstić information content (AvgIpc) is 3.28. The number of nitrogens with one attached hydrogen (secondary N) is 4. The smallest absolute Gasteiger partial charge is 0.255 e. The van der Waals surface area contributed by atoms with Gasteiger partial charge in [-0.2, -0.15) is 0 Å². The van der Waals surface area contributed by atoms with Crippen molar-refractivity contribution in [3.8, 4) is 17.0 Å². The predicted octanol–water partition coefficient (Wildman–Crippen LogP) is 2.75. The molecule has 2 aromatic heterocycles. The Balaban J connectivity index is 1.71. The molecule has 0 spiro atoms. The number of carbonyl (C=O) groups is 2. The number of anilines is 3. The van der Waals surface area contributed by atoms with E-state index < -0.39 is 5.82 Å². The molecule has 3 aromatic rings. The molecule has 0 bridgehead atoms. The molecule has 0 aliphatic carbocycles. The molecule has 9 heteroatoms. The fourth-order valence-corrected chi connectivity index (χ4v) is 4.01. The van der Waals surface area contributed by atoms with Crippen molar-refractivity contribution >= 4 is 29.0 Å². The molecule has 152 valence electrons. The van der Waals surface area contributed by atoms with Crippen LogP contribution < -0.4 is 20.7 Å². The van der Waals surface area contributed by atoms with E-state index in [1.807, 2.05) is 0 Å². The summed E-state index contributed by atoms with van der Waals surface area (Å²) in [5.41, 5.74) is 4.25. The standard InChI is InChI=1S/C21H18FN5O3/c1-30-19-12(22)3-2-4-14(19)26-18-16-13(6-8-24-21(16)29)25-17(18)10-5-7-23-20-11(10)9-15(28)27-20/h2-5,7,25-26H,6,8-9H2,1H3,(H,24,29)(H,23,27,28). The van der Waals surface area contributed by atoms with Crippen LogP contribution in [0.3, 0.4) is 0 Å². The number of nitrogens with zero attached hydrogens (tertiary/aromatic N) is 1. The van der Waals surface area contributed by atoms with Crippen LogP contribution in [0.4, 0.5) is 21.6 Å². The van der Waals surface area contributed by atoms with E-state index in [1.165, 1.54) is 13.2 Å². The summed E-state index contributed by atoms with van der Waals surface area (Å²) in [4.78, 5) is 32.2. The van der Waals surface area contributed by atoms with E-state index in [2.05, 4.69) is 25.9 Å². The number of H-pyrrole nitrogens is 1. The van der Waals surface area contributed by atoms with Gasteiger partial charge >= 0.3 is 0 Å². The summed E-state index contributed by atoms with van der Waals surface area (Å²) < 4.78 is 19.5. The first-order valence-electron chi connectivity index (χ1n) is 9.47. The Morgan fingerprint density at radius 2 is 2.10 bits per heavy atom. The average molecular weight is 407 g/mol. The van der Waals surface area contributed by atoms with Gasteiger partial charge in [0.05, 0.1) is 36.2 Å². The van der Waals surface area contributed by atoms with Gasteiger partial charge in [0.15, 0.2) is 11.6 Å². The van der Waals surface area contributed by atoms with E-state index in [4.69, 9.17) is 4.74 Å². The molecule has 2 amide bonds. The number of methoxy groups -OCH3 is 1. The number of pyridine rings is 1. The number of aromatic nitrogens is 2. The van der Waals surface area contributed by atoms with Crippen molar-refractivity contribution in [1.29, 1.82) is 0 Å². The quantitative estimate of drug-likeness (QED) is 0.532. The second-order valence-corrected chi connectivity index (χ2v) is 7.09. The molecule has 5 rings (SSSR count). The van der Waals surface area contributed by atoms with Gasteiger partial charge in [0, 0.05) is 36.0 Å². The summed E-state index contributed by atoms with van der Waals surface area (Å²) in [5.74, 6) is -0.329. The molecule has 4 heterocycles. The van der Waals surface area contributed by atoms with Crippen LogP contribution in [-0.4, -0.2) is 35.4 Å². The zero-order valence-electron chi connectivity index (χ0n) is 16.1. The van der Waals surface area contributed by atoms with Crippen LogP contribution in [0.5, 0.6) is 5.75 Å². The molecule has 4 N–H and O–H groups in total. The molecule has 2 aliphatic heterocycles. The van der Waals surface area contributed by atoms with Gasteiger partial charge in [0.2, 0.25) is 5.91 Å². The second kappa shape index (κ2) is 6.87. The largest absolute Gasteiger partial charge is 0.492 e. The van der Waals surface area contributed by atoms with Crippen LogP contribution in [0.15, 0.2) is 30.5 Å². The Kier molecular flexibility index (Phi) is 4.16. The van der Waals surface area contributed by atoms with E-state index in [0.717, 1.165) is 16.8 Å². The van der Waals surface area contributed by atoms with Crippen molar-refractivity contribution in [2.24, 2.45) is 0 Å². The number of benzene rings is 1. The fourth-order valence-electron chi connectivity index (χ4n) is 4.01. The molecule has 0 unspecified atom stereocenters. The molecule has 30 heavy (non-hydrogen) atoms. The van der Waals surface area contributed by atoms with E-state index in [-0.39, 0.29) is 24.0 Å². The van der Waals surface area contributed by atoms with Crippen LogP contribution in [0.1, 0.15) is 21.6 Å².